The third-order valence-corrected chi connectivity index (χ3v) is 4.44. The van der Waals surface area contributed by atoms with E-state index in [1.807, 2.05) is 0 Å². The van der Waals surface area contributed by atoms with Crippen LogP contribution in [0.3, 0.4) is 0 Å². The van der Waals surface area contributed by atoms with Crippen LogP contribution in [0.15, 0.2) is 22.7 Å². The van der Waals surface area contributed by atoms with Crippen molar-refractivity contribution in [2.24, 2.45) is 11.8 Å². The number of hydrogen-bond acceptors (Lipinski definition) is 2. The van der Waals surface area contributed by atoms with E-state index in [0.29, 0.717) is 0 Å². The Labute approximate surface area is 131 Å². The Balaban J connectivity index is 1.95. The first-order valence-electron chi connectivity index (χ1n) is 7.64. The van der Waals surface area contributed by atoms with E-state index in [1.54, 1.807) is 7.11 Å². The number of ether oxygens (including phenoxy) is 1. The zero-order valence-corrected chi connectivity index (χ0v) is 14.4. The van der Waals surface area contributed by atoms with Gasteiger partial charge in [-0.2, -0.15) is 0 Å². The fourth-order valence-corrected chi connectivity index (χ4v) is 3.28. The topological polar surface area (TPSA) is 21.3 Å². The van der Waals surface area contributed by atoms with Gasteiger partial charge in [0.2, 0.25) is 0 Å². The molecule has 20 heavy (non-hydrogen) atoms. The van der Waals surface area contributed by atoms with Crippen molar-refractivity contribution >= 4 is 15.9 Å². The summed E-state index contributed by atoms with van der Waals surface area (Å²) in [7, 11) is 1.71. The lowest BCUT2D eigenvalue weighted by molar-refractivity contribution is 0.383. The van der Waals surface area contributed by atoms with Crippen molar-refractivity contribution in [1.29, 1.82) is 0 Å². The molecule has 1 aromatic rings. The molecule has 1 fully saturated rings. The molecule has 1 aliphatic carbocycles. The van der Waals surface area contributed by atoms with Crippen LogP contribution in [0.5, 0.6) is 5.75 Å². The second-order valence-electron chi connectivity index (χ2n) is 6.35. The maximum Gasteiger partial charge on any atom is 0.133 e. The monoisotopic (exact) mass is 339 g/mol. The second kappa shape index (κ2) is 7.46. The van der Waals surface area contributed by atoms with Gasteiger partial charge in [-0.3, -0.25) is 0 Å². The van der Waals surface area contributed by atoms with Crippen molar-refractivity contribution in [2.75, 3.05) is 13.7 Å². The predicted octanol–water partition coefficient (Wildman–Crippen LogP) is 4.41. The number of nitrogens with one attached hydrogen (secondary N) is 1. The maximum absolute atomic E-state index is 5.30. The first-order chi connectivity index (χ1) is 9.58. The molecule has 112 valence electrons. The summed E-state index contributed by atoms with van der Waals surface area (Å²) in [5, 5.41) is 3.68. The fraction of sp³-hybridized carbons (Fsp3) is 0.647. The van der Waals surface area contributed by atoms with E-state index in [1.165, 1.54) is 24.8 Å². The summed E-state index contributed by atoms with van der Waals surface area (Å²) in [5.74, 6) is 2.38. The van der Waals surface area contributed by atoms with Crippen LogP contribution in [0.25, 0.3) is 0 Å². The average molecular weight is 340 g/mol. The van der Waals surface area contributed by atoms with Crippen LogP contribution in [0.4, 0.5) is 0 Å². The van der Waals surface area contributed by atoms with Gasteiger partial charge in [0.1, 0.15) is 5.75 Å². The first kappa shape index (κ1) is 15.8. The van der Waals surface area contributed by atoms with Crippen LogP contribution in [0.1, 0.15) is 38.7 Å². The van der Waals surface area contributed by atoms with E-state index >= 15 is 0 Å². The lowest BCUT2D eigenvalue weighted by Crippen LogP contribution is -2.27. The van der Waals surface area contributed by atoms with Crippen molar-refractivity contribution in [1.82, 2.24) is 5.32 Å². The van der Waals surface area contributed by atoms with Crippen molar-refractivity contribution in [3.05, 3.63) is 28.2 Å². The Morgan fingerprint density at radius 2 is 2.10 bits per heavy atom. The van der Waals surface area contributed by atoms with Crippen LogP contribution in [-0.4, -0.2) is 19.7 Å². The van der Waals surface area contributed by atoms with Gasteiger partial charge in [-0.05, 0) is 77.7 Å². The third kappa shape index (κ3) is 5.10. The summed E-state index contributed by atoms with van der Waals surface area (Å²) < 4.78 is 6.35. The molecular weight excluding hydrogens is 314 g/mol. The molecule has 1 aromatic carbocycles. The lowest BCUT2D eigenvalue weighted by atomic mass is 9.91. The van der Waals surface area contributed by atoms with E-state index in [-0.39, 0.29) is 0 Å². The highest BCUT2D eigenvalue weighted by Gasteiger charge is 2.22. The zero-order valence-electron chi connectivity index (χ0n) is 12.8. The molecule has 0 bridgehead atoms. The largest absolute Gasteiger partial charge is 0.496 e. The lowest BCUT2D eigenvalue weighted by Gasteiger charge is -2.20. The fourth-order valence-electron chi connectivity index (χ4n) is 2.70. The summed E-state index contributed by atoms with van der Waals surface area (Å²) in [6.45, 7) is 5.77. The molecule has 1 unspecified atom stereocenters. The van der Waals surface area contributed by atoms with E-state index in [4.69, 9.17) is 4.74 Å². The number of halogens is 1. The van der Waals surface area contributed by atoms with E-state index in [2.05, 4.69) is 53.3 Å². The molecule has 1 atom stereocenters. The summed E-state index contributed by atoms with van der Waals surface area (Å²) in [6.07, 6.45) is 5.15. The predicted molar refractivity (Wildman–Crippen MR) is 88.4 cm³/mol. The summed E-state index contributed by atoms with van der Waals surface area (Å²) >= 11 is 3.58. The molecule has 2 rings (SSSR count). The van der Waals surface area contributed by atoms with Crippen LogP contribution >= 0.6 is 15.9 Å². The normalized spacial score (nSPS) is 16.4. The molecule has 0 aromatic heterocycles. The molecule has 0 aliphatic heterocycles. The first-order valence-corrected chi connectivity index (χ1v) is 8.43. The molecule has 0 radical (unpaired) electrons. The molecule has 0 spiro atoms. The highest BCUT2D eigenvalue weighted by Crippen LogP contribution is 2.28. The Morgan fingerprint density at radius 1 is 1.35 bits per heavy atom. The van der Waals surface area contributed by atoms with Gasteiger partial charge in [-0.15, -0.1) is 0 Å². The third-order valence-electron chi connectivity index (χ3n) is 3.82. The minimum atomic E-state index is 0.718. The Kier molecular flexibility index (Phi) is 5.91. The smallest absolute Gasteiger partial charge is 0.133 e. The number of hydrogen-bond donors (Lipinski definition) is 1. The zero-order chi connectivity index (χ0) is 14.5. The van der Waals surface area contributed by atoms with Gasteiger partial charge in [-0.1, -0.05) is 19.9 Å². The van der Waals surface area contributed by atoms with Gasteiger partial charge in [0.05, 0.1) is 11.6 Å². The number of rotatable bonds is 8. The molecule has 1 N–H and O–H groups in total. The van der Waals surface area contributed by atoms with Crippen molar-refractivity contribution in [3.63, 3.8) is 0 Å². The Morgan fingerprint density at radius 3 is 2.65 bits per heavy atom. The molecule has 0 saturated heterocycles. The van der Waals surface area contributed by atoms with Crippen LogP contribution < -0.4 is 10.1 Å². The molecular formula is C17H26BrNO. The van der Waals surface area contributed by atoms with Crippen molar-refractivity contribution in [2.45, 2.75) is 45.6 Å². The molecule has 2 nitrogen and oxygen atoms in total. The average Bonchev–Trinajstić information content (AvgIpc) is 3.19. The van der Waals surface area contributed by atoms with Gasteiger partial charge in [-0.25, -0.2) is 0 Å². The van der Waals surface area contributed by atoms with E-state index < -0.39 is 0 Å². The van der Waals surface area contributed by atoms with Crippen molar-refractivity contribution in [3.8, 4) is 5.75 Å². The SMILES string of the molecule is COc1ccc(CC(CNC2CC2)CC(C)C)cc1Br. The molecule has 0 amide bonds. The van der Waals surface area contributed by atoms with Gasteiger partial charge in [0.25, 0.3) is 0 Å². The highest BCUT2D eigenvalue weighted by molar-refractivity contribution is 9.10. The number of benzene rings is 1. The summed E-state index contributed by atoms with van der Waals surface area (Å²) in [6, 6.07) is 7.24. The van der Waals surface area contributed by atoms with E-state index in [9.17, 15) is 0 Å². The highest BCUT2D eigenvalue weighted by atomic mass is 79.9. The van der Waals surface area contributed by atoms with Gasteiger partial charge >= 0.3 is 0 Å². The minimum absolute atomic E-state index is 0.718. The minimum Gasteiger partial charge on any atom is -0.496 e. The van der Waals surface area contributed by atoms with Gasteiger partial charge in [0, 0.05) is 6.04 Å². The van der Waals surface area contributed by atoms with Crippen molar-refractivity contribution < 1.29 is 4.74 Å². The molecule has 3 heteroatoms. The van der Waals surface area contributed by atoms with Crippen LogP contribution in [-0.2, 0) is 6.42 Å². The van der Waals surface area contributed by atoms with E-state index in [0.717, 1.165) is 41.1 Å². The second-order valence-corrected chi connectivity index (χ2v) is 7.21. The molecule has 0 heterocycles. The Hall–Kier alpha value is -0.540. The maximum atomic E-state index is 5.30. The summed E-state index contributed by atoms with van der Waals surface area (Å²) in [4.78, 5) is 0. The summed E-state index contributed by atoms with van der Waals surface area (Å²) in [5.41, 5.74) is 1.39. The molecule has 1 aliphatic rings. The molecule has 1 saturated carbocycles. The quantitative estimate of drug-likeness (QED) is 0.757. The van der Waals surface area contributed by atoms with Gasteiger partial charge < -0.3 is 10.1 Å². The van der Waals surface area contributed by atoms with Crippen LogP contribution in [0.2, 0.25) is 0 Å². The van der Waals surface area contributed by atoms with Crippen LogP contribution in [0, 0.1) is 11.8 Å². The van der Waals surface area contributed by atoms with Gasteiger partial charge in [0.15, 0.2) is 0 Å². The standard InChI is InChI=1S/C17H26BrNO/c1-12(2)8-14(11-19-15-5-6-15)9-13-4-7-17(20-3)16(18)10-13/h4,7,10,12,14-15,19H,5-6,8-9,11H2,1-3H3. The number of methoxy groups -OCH3 is 1. The Bertz CT molecular complexity index is 429.